The lowest BCUT2D eigenvalue weighted by Crippen LogP contribution is -2.15. The third-order valence-corrected chi connectivity index (χ3v) is 2.02. The first-order chi connectivity index (χ1) is 5.90. The SMILES string of the molecule is OCC1=CN2C=CC=CC2=CC1. The summed E-state index contributed by atoms with van der Waals surface area (Å²) in [4.78, 5) is 2.02. The summed E-state index contributed by atoms with van der Waals surface area (Å²) >= 11 is 0. The molecular weight excluding hydrogens is 150 g/mol. The van der Waals surface area contributed by atoms with E-state index in [0.29, 0.717) is 0 Å². The highest BCUT2D eigenvalue weighted by Gasteiger charge is 2.09. The lowest BCUT2D eigenvalue weighted by molar-refractivity contribution is 0.325. The van der Waals surface area contributed by atoms with Gasteiger partial charge in [0.2, 0.25) is 0 Å². The van der Waals surface area contributed by atoms with Crippen molar-refractivity contribution in [3.63, 3.8) is 0 Å². The second-order valence-electron chi connectivity index (χ2n) is 2.89. The molecule has 2 aliphatic rings. The summed E-state index contributed by atoms with van der Waals surface area (Å²) in [6, 6.07) is 0. The van der Waals surface area contributed by atoms with E-state index in [9.17, 15) is 0 Å². The van der Waals surface area contributed by atoms with Gasteiger partial charge in [-0.25, -0.2) is 0 Å². The van der Waals surface area contributed by atoms with Crippen LogP contribution in [0.25, 0.3) is 0 Å². The van der Waals surface area contributed by atoms with Gasteiger partial charge in [-0.1, -0.05) is 12.2 Å². The maximum Gasteiger partial charge on any atom is 0.0661 e. The summed E-state index contributed by atoms with van der Waals surface area (Å²) in [6.07, 6.45) is 13.0. The van der Waals surface area contributed by atoms with Crippen LogP contribution in [-0.4, -0.2) is 16.6 Å². The van der Waals surface area contributed by atoms with Crippen molar-refractivity contribution in [2.45, 2.75) is 6.42 Å². The predicted molar refractivity (Wildman–Crippen MR) is 48.0 cm³/mol. The van der Waals surface area contributed by atoms with Crippen LogP contribution in [0.15, 0.2) is 48.0 Å². The van der Waals surface area contributed by atoms with Crippen molar-refractivity contribution in [1.82, 2.24) is 4.90 Å². The normalized spacial score (nSPS) is 20.2. The van der Waals surface area contributed by atoms with Crippen LogP contribution in [0.5, 0.6) is 0 Å². The number of rotatable bonds is 1. The standard InChI is InChI=1S/C10H11NO/c12-8-9-4-5-10-3-1-2-6-11(10)7-9/h1-3,5-7,12H,4,8H2. The number of hydrogen-bond donors (Lipinski definition) is 1. The quantitative estimate of drug-likeness (QED) is 0.630. The lowest BCUT2D eigenvalue weighted by Gasteiger charge is -2.24. The number of nitrogens with zero attached hydrogens (tertiary/aromatic N) is 1. The van der Waals surface area contributed by atoms with Crippen LogP contribution in [0, 0.1) is 0 Å². The lowest BCUT2D eigenvalue weighted by atomic mass is 10.1. The third-order valence-electron chi connectivity index (χ3n) is 2.02. The first-order valence-electron chi connectivity index (χ1n) is 4.04. The fourth-order valence-corrected chi connectivity index (χ4v) is 1.35. The summed E-state index contributed by atoms with van der Waals surface area (Å²) in [6.45, 7) is 0.151. The topological polar surface area (TPSA) is 23.5 Å². The molecule has 2 aliphatic heterocycles. The van der Waals surface area contributed by atoms with Crippen molar-refractivity contribution in [2.24, 2.45) is 0 Å². The molecule has 0 amide bonds. The zero-order valence-electron chi connectivity index (χ0n) is 6.77. The highest BCUT2D eigenvalue weighted by molar-refractivity contribution is 5.34. The van der Waals surface area contributed by atoms with Gasteiger partial charge in [-0.3, -0.25) is 0 Å². The molecule has 62 valence electrons. The average Bonchev–Trinajstić information content (AvgIpc) is 2.17. The number of hydrogen-bond acceptors (Lipinski definition) is 2. The first-order valence-corrected chi connectivity index (χ1v) is 4.04. The minimum absolute atomic E-state index is 0.151. The Balaban J connectivity index is 2.23. The summed E-state index contributed by atoms with van der Waals surface area (Å²) in [5.74, 6) is 0. The molecule has 2 nitrogen and oxygen atoms in total. The average molecular weight is 161 g/mol. The molecule has 0 spiro atoms. The molecule has 0 aromatic carbocycles. The third kappa shape index (κ3) is 1.21. The van der Waals surface area contributed by atoms with Crippen molar-refractivity contribution in [3.8, 4) is 0 Å². The molecule has 0 bridgehead atoms. The van der Waals surface area contributed by atoms with Crippen LogP contribution >= 0.6 is 0 Å². The molecule has 0 aromatic heterocycles. The van der Waals surface area contributed by atoms with Crippen LogP contribution in [0.2, 0.25) is 0 Å². The van der Waals surface area contributed by atoms with E-state index in [4.69, 9.17) is 5.11 Å². The van der Waals surface area contributed by atoms with E-state index in [1.165, 1.54) is 5.70 Å². The second kappa shape index (κ2) is 2.99. The molecule has 12 heavy (non-hydrogen) atoms. The summed E-state index contributed by atoms with van der Waals surface area (Å²) < 4.78 is 0. The highest BCUT2D eigenvalue weighted by atomic mass is 16.3. The van der Waals surface area contributed by atoms with Gasteiger partial charge < -0.3 is 10.0 Å². The highest BCUT2D eigenvalue weighted by Crippen LogP contribution is 2.21. The molecule has 0 fully saturated rings. The molecule has 0 radical (unpaired) electrons. The molecule has 0 saturated carbocycles. The van der Waals surface area contributed by atoms with Gasteiger partial charge in [0.15, 0.2) is 0 Å². The van der Waals surface area contributed by atoms with Gasteiger partial charge in [0, 0.05) is 18.1 Å². The second-order valence-corrected chi connectivity index (χ2v) is 2.89. The molecule has 1 N–H and O–H groups in total. The number of fused-ring (bicyclic) bond motifs is 1. The summed E-state index contributed by atoms with van der Waals surface area (Å²) in [5.41, 5.74) is 2.24. The Kier molecular flexibility index (Phi) is 1.84. The van der Waals surface area contributed by atoms with Crippen molar-refractivity contribution in [3.05, 3.63) is 48.0 Å². The minimum atomic E-state index is 0.151. The number of aliphatic hydroxyl groups is 1. The van der Waals surface area contributed by atoms with E-state index in [2.05, 4.69) is 12.2 Å². The van der Waals surface area contributed by atoms with E-state index in [1.807, 2.05) is 29.5 Å². The number of allylic oxidation sites excluding steroid dienone is 4. The zero-order valence-corrected chi connectivity index (χ0v) is 6.77. The van der Waals surface area contributed by atoms with Crippen molar-refractivity contribution >= 4 is 0 Å². The first kappa shape index (κ1) is 7.37. The van der Waals surface area contributed by atoms with Gasteiger partial charge in [0.05, 0.1) is 6.61 Å². The molecule has 0 aromatic rings. The number of aliphatic hydroxyl groups excluding tert-OH is 1. The molecule has 2 rings (SSSR count). The van der Waals surface area contributed by atoms with E-state index < -0.39 is 0 Å². The van der Waals surface area contributed by atoms with Gasteiger partial charge in [-0.05, 0) is 24.1 Å². The monoisotopic (exact) mass is 161 g/mol. The Bertz CT molecular complexity index is 297. The maximum absolute atomic E-state index is 8.91. The van der Waals surface area contributed by atoms with E-state index >= 15 is 0 Å². The fraction of sp³-hybridized carbons (Fsp3) is 0.200. The van der Waals surface area contributed by atoms with Crippen molar-refractivity contribution in [2.75, 3.05) is 6.61 Å². The predicted octanol–water partition coefficient (Wildman–Crippen LogP) is 1.54. The molecule has 2 heteroatoms. The van der Waals surface area contributed by atoms with Crippen LogP contribution in [0.1, 0.15) is 6.42 Å². The van der Waals surface area contributed by atoms with Crippen LogP contribution in [0.4, 0.5) is 0 Å². The Morgan fingerprint density at radius 1 is 1.42 bits per heavy atom. The Hall–Kier alpha value is -1.28. The van der Waals surface area contributed by atoms with Crippen LogP contribution in [-0.2, 0) is 0 Å². The van der Waals surface area contributed by atoms with E-state index in [0.717, 1.165) is 12.0 Å². The van der Waals surface area contributed by atoms with Crippen LogP contribution < -0.4 is 0 Å². The van der Waals surface area contributed by atoms with Crippen LogP contribution in [0.3, 0.4) is 0 Å². The maximum atomic E-state index is 8.91. The molecule has 2 heterocycles. The molecule has 0 unspecified atom stereocenters. The molecule has 0 saturated heterocycles. The Morgan fingerprint density at radius 2 is 2.33 bits per heavy atom. The Morgan fingerprint density at radius 3 is 3.17 bits per heavy atom. The fourth-order valence-electron chi connectivity index (χ4n) is 1.35. The smallest absolute Gasteiger partial charge is 0.0661 e. The Labute approximate surface area is 71.8 Å². The minimum Gasteiger partial charge on any atom is -0.392 e. The van der Waals surface area contributed by atoms with Crippen molar-refractivity contribution < 1.29 is 5.11 Å². The van der Waals surface area contributed by atoms with Gasteiger partial charge in [-0.15, -0.1) is 0 Å². The molecular formula is C10H11NO. The molecule has 0 atom stereocenters. The van der Waals surface area contributed by atoms with Gasteiger partial charge in [0.25, 0.3) is 0 Å². The van der Waals surface area contributed by atoms with Gasteiger partial charge >= 0.3 is 0 Å². The van der Waals surface area contributed by atoms with Gasteiger partial charge in [-0.2, -0.15) is 0 Å². The van der Waals surface area contributed by atoms with Crippen molar-refractivity contribution in [1.29, 1.82) is 0 Å². The molecule has 0 aliphatic carbocycles. The van der Waals surface area contributed by atoms with E-state index in [-0.39, 0.29) is 6.61 Å². The summed E-state index contributed by atoms with van der Waals surface area (Å²) in [7, 11) is 0. The van der Waals surface area contributed by atoms with Gasteiger partial charge in [0.1, 0.15) is 0 Å². The largest absolute Gasteiger partial charge is 0.392 e. The van der Waals surface area contributed by atoms with E-state index in [1.54, 1.807) is 0 Å². The zero-order chi connectivity index (χ0) is 8.39. The summed E-state index contributed by atoms with van der Waals surface area (Å²) in [5, 5.41) is 8.91.